The minimum Gasteiger partial charge on any atom is -0.480 e. The molecule has 9 heteroatoms. The number of rotatable bonds is 9. The van der Waals surface area contributed by atoms with E-state index < -0.39 is 29.2 Å². The minimum atomic E-state index is -1.17. The molecular formula is C17H29N3O5S. The highest BCUT2D eigenvalue weighted by molar-refractivity contribution is 7.99. The average Bonchev–Trinajstić information content (AvgIpc) is 2.47. The van der Waals surface area contributed by atoms with Crippen LogP contribution < -0.4 is 10.6 Å². The summed E-state index contributed by atoms with van der Waals surface area (Å²) in [5.74, 6) is -1.05. The number of aliphatic carboxylic acids is 1. The maximum Gasteiger partial charge on any atom is 0.408 e. The van der Waals surface area contributed by atoms with E-state index in [-0.39, 0.29) is 24.0 Å². The number of nitrogens with one attached hydrogen (secondary N) is 2. The van der Waals surface area contributed by atoms with Crippen LogP contribution in [0, 0.1) is 17.2 Å². The van der Waals surface area contributed by atoms with E-state index in [1.54, 1.807) is 27.7 Å². The Morgan fingerprint density at radius 1 is 1.23 bits per heavy atom. The van der Waals surface area contributed by atoms with Gasteiger partial charge in [-0.3, -0.25) is 4.79 Å². The molecule has 0 saturated carbocycles. The third kappa shape index (κ3) is 9.51. The number of nitriles is 1. The van der Waals surface area contributed by atoms with Crippen LogP contribution in [0.5, 0.6) is 0 Å². The van der Waals surface area contributed by atoms with Crippen molar-refractivity contribution in [3.05, 3.63) is 0 Å². The average molecular weight is 388 g/mol. The molecule has 0 aliphatic rings. The minimum absolute atomic E-state index is 0.0455. The van der Waals surface area contributed by atoms with Crippen LogP contribution in [-0.2, 0) is 14.3 Å². The van der Waals surface area contributed by atoms with Gasteiger partial charge in [-0.2, -0.15) is 17.0 Å². The Balaban J connectivity index is 4.37. The van der Waals surface area contributed by atoms with E-state index in [1.807, 2.05) is 13.8 Å². The van der Waals surface area contributed by atoms with Gasteiger partial charge in [0.25, 0.3) is 0 Å². The number of hydrogen-bond donors (Lipinski definition) is 3. The first-order chi connectivity index (χ1) is 11.8. The Morgan fingerprint density at radius 2 is 1.81 bits per heavy atom. The summed E-state index contributed by atoms with van der Waals surface area (Å²) in [6, 6.07) is 0.995. The molecule has 0 aromatic heterocycles. The molecule has 3 N–H and O–H groups in total. The largest absolute Gasteiger partial charge is 0.480 e. The van der Waals surface area contributed by atoms with Crippen LogP contribution in [0.3, 0.4) is 0 Å². The first kappa shape index (κ1) is 24.1. The summed E-state index contributed by atoms with van der Waals surface area (Å²) in [4.78, 5) is 34.9. The number of ether oxygens (including phenoxy) is 1. The highest BCUT2D eigenvalue weighted by Gasteiger charge is 2.30. The van der Waals surface area contributed by atoms with E-state index in [0.29, 0.717) is 5.75 Å². The van der Waals surface area contributed by atoms with E-state index in [1.165, 1.54) is 11.8 Å². The molecule has 0 fully saturated rings. The zero-order chi connectivity index (χ0) is 20.5. The summed E-state index contributed by atoms with van der Waals surface area (Å²) >= 11 is 1.23. The number of thioether (sulfide) groups is 1. The fraction of sp³-hybridized carbons (Fsp3) is 0.765. The molecule has 2 unspecified atom stereocenters. The van der Waals surface area contributed by atoms with Crippen molar-refractivity contribution in [3.63, 3.8) is 0 Å². The van der Waals surface area contributed by atoms with Gasteiger partial charge in [-0.15, -0.1) is 0 Å². The molecule has 0 aromatic carbocycles. The normalized spacial score (nSPS) is 14.7. The van der Waals surface area contributed by atoms with Crippen molar-refractivity contribution in [2.75, 3.05) is 11.5 Å². The molecule has 148 valence electrons. The van der Waals surface area contributed by atoms with Crippen molar-refractivity contribution in [2.45, 2.75) is 65.1 Å². The lowest BCUT2D eigenvalue weighted by Crippen LogP contribution is -2.49. The fourth-order valence-electron chi connectivity index (χ4n) is 1.70. The Bertz CT molecular complexity index is 554. The third-order valence-corrected chi connectivity index (χ3v) is 4.55. The molecule has 0 spiro atoms. The van der Waals surface area contributed by atoms with E-state index in [2.05, 4.69) is 16.7 Å². The van der Waals surface area contributed by atoms with Gasteiger partial charge < -0.3 is 20.5 Å². The maximum atomic E-state index is 11.9. The zero-order valence-electron chi connectivity index (χ0n) is 16.2. The van der Waals surface area contributed by atoms with Crippen molar-refractivity contribution < 1.29 is 24.2 Å². The van der Waals surface area contributed by atoms with Crippen molar-refractivity contribution in [2.24, 2.45) is 5.92 Å². The van der Waals surface area contributed by atoms with Crippen LogP contribution in [0.2, 0.25) is 0 Å². The second-order valence-corrected chi connectivity index (χ2v) is 8.50. The number of hydrogen-bond acceptors (Lipinski definition) is 6. The molecule has 0 rings (SSSR count). The van der Waals surface area contributed by atoms with Gasteiger partial charge in [0.2, 0.25) is 5.91 Å². The molecule has 0 bridgehead atoms. The van der Waals surface area contributed by atoms with E-state index >= 15 is 0 Å². The Kier molecular flexibility index (Phi) is 9.49. The highest BCUT2D eigenvalue weighted by Crippen LogP contribution is 2.16. The molecular weight excluding hydrogens is 358 g/mol. The maximum absolute atomic E-state index is 11.9. The number of amides is 2. The Hall–Kier alpha value is -1.95. The van der Waals surface area contributed by atoms with Crippen LogP contribution >= 0.6 is 11.8 Å². The molecule has 0 saturated heterocycles. The molecule has 0 aliphatic carbocycles. The van der Waals surface area contributed by atoms with Crippen molar-refractivity contribution in [1.29, 1.82) is 5.26 Å². The third-order valence-electron chi connectivity index (χ3n) is 3.56. The number of carbonyl (C=O) groups is 3. The lowest BCUT2D eigenvalue weighted by Gasteiger charge is -2.27. The Morgan fingerprint density at radius 3 is 2.23 bits per heavy atom. The molecule has 0 radical (unpaired) electrons. The summed E-state index contributed by atoms with van der Waals surface area (Å²) < 4.78 is 5.04. The molecule has 0 heterocycles. The van der Waals surface area contributed by atoms with Gasteiger partial charge in [0.05, 0.1) is 11.8 Å². The van der Waals surface area contributed by atoms with Crippen LogP contribution in [0.25, 0.3) is 0 Å². The van der Waals surface area contributed by atoms with Gasteiger partial charge >= 0.3 is 12.1 Å². The molecule has 2 atom stereocenters. The van der Waals surface area contributed by atoms with Crippen LogP contribution in [0.15, 0.2) is 0 Å². The van der Waals surface area contributed by atoms with Gasteiger partial charge in [-0.1, -0.05) is 13.8 Å². The van der Waals surface area contributed by atoms with Crippen molar-refractivity contribution in [3.8, 4) is 6.07 Å². The molecule has 2 amide bonds. The quantitative estimate of drug-likeness (QED) is 0.517. The molecule has 0 aliphatic heterocycles. The predicted octanol–water partition coefficient (Wildman–Crippen LogP) is 2.14. The number of carboxylic acids is 1. The zero-order valence-corrected chi connectivity index (χ0v) is 17.0. The van der Waals surface area contributed by atoms with Crippen molar-refractivity contribution >= 4 is 29.7 Å². The monoisotopic (exact) mass is 387 g/mol. The summed E-state index contributed by atoms with van der Waals surface area (Å²) in [5.41, 5.74) is -1.66. The number of carboxylic acid groups (broad SMARTS) is 1. The SMILES string of the molecule is CC(C)C(C)(C#N)NC(=O)CSCCC(NC(=O)OC(C)(C)C)C(=O)O. The Labute approximate surface area is 159 Å². The first-order valence-corrected chi connectivity index (χ1v) is 9.48. The van der Waals surface area contributed by atoms with Gasteiger partial charge in [-0.25, -0.2) is 9.59 Å². The van der Waals surface area contributed by atoms with Crippen LogP contribution in [0.4, 0.5) is 4.79 Å². The second kappa shape index (κ2) is 10.3. The van der Waals surface area contributed by atoms with E-state index in [9.17, 15) is 24.8 Å². The summed E-state index contributed by atoms with van der Waals surface area (Å²) in [6.45, 7) is 10.4. The molecule has 0 aromatic rings. The number of alkyl carbamates (subject to hydrolysis) is 1. The van der Waals surface area contributed by atoms with E-state index in [4.69, 9.17) is 4.74 Å². The lowest BCUT2D eigenvalue weighted by molar-refractivity contribution is -0.139. The predicted molar refractivity (Wildman–Crippen MR) is 99.7 cm³/mol. The van der Waals surface area contributed by atoms with Gasteiger partial charge in [-0.05, 0) is 45.8 Å². The summed E-state index contributed by atoms with van der Waals surface area (Å²) in [6.07, 6.45) is -0.652. The van der Waals surface area contributed by atoms with Gasteiger partial charge in [0.1, 0.15) is 17.2 Å². The standard InChI is InChI=1S/C17H29N3O5S/c1-11(2)17(6,10-18)20-13(21)9-26-8-7-12(14(22)23)19-15(24)25-16(3,4)5/h11-12H,7-9H2,1-6H3,(H,19,24)(H,20,21)(H,22,23). The van der Waals surface area contributed by atoms with Crippen LogP contribution in [-0.4, -0.2) is 51.8 Å². The highest BCUT2D eigenvalue weighted by atomic mass is 32.2. The topological polar surface area (TPSA) is 129 Å². The first-order valence-electron chi connectivity index (χ1n) is 8.33. The number of carbonyl (C=O) groups excluding carboxylic acids is 2. The smallest absolute Gasteiger partial charge is 0.408 e. The van der Waals surface area contributed by atoms with Gasteiger partial charge in [0.15, 0.2) is 0 Å². The lowest BCUT2D eigenvalue weighted by atomic mass is 9.90. The second-order valence-electron chi connectivity index (χ2n) is 7.40. The molecule has 8 nitrogen and oxygen atoms in total. The summed E-state index contributed by atoms with van der Waals surface area (Å²) in [5, 5.41) is 23.4. The molecule has 26 heavy (non-hydrogen) atoms. The fourth-order valence-corrected chi connectivity index (χ4v) is 2.50. The van der Waals surface area contributed by atoms with Crippen LogP contribution in [0.1, 0.15) is 48.0 Å². The van der Waals surface area contributed by atoms with Crippen molar-refractivity contribution in [1.82, 2.24) is 10.6 Å². The van der Waals surface area contributed by atoms with Gasteiger partial charge in [0, 0.05) is 0 Å². The van der Waals surface area contributed by atoms with E-state index in [0.717, 1.165) is 0 Å². The summed E-state index contributed by atoms with van der Waals surface area (Å²) in [7, 11) is 0. The number of nitrogens with zero attached hydrogens (tertiary/aromatic N) is 1.